The summed E-state index contributed by atoms with van der Waals surface area (Å²) in [5, 5.41) is 0. The lowest BCUT2D eigenvalue weighted by atomic mass is 9.97. The van der Waals surface area contributed by atoms with Gasteiger partial charge in [0.25, 0.3) is 0 Å². The molecule has 0 bridgehead atoms. The molecule has 0 saturated heterocycles. The van der Waals surface area contributed by atoms with Gasteiger partial charge in [-0.25, -0.2) is 0 Å². The highest BCUT2D eigenvalue weighted by atomic mass is 16.5. The molecular formula is C13H16O3. The van der Waals surface area contributed by atoms with E-state index in [0.29, 0.717) is 12.2 Å². The monoisotopic (exact) mass is 220 g/mol. The molecule has 1 atom stereocenters. The van der Waals surface area contributed by atoms with E-state index in [1.165, 1.54) is 6.92 Å². The first-order chi connectivity index (χ1) is 7.50. The minimum atomic E-state index is -0.345. The van der Waals surface area contributed by atoms with Crippen molar-refractivity contribution in [3.05, 3.63) is 29.8 Å². The zero-order valence-corrected chi connectivity index (χ0v) is 9.82. The Hall–Kier alpha value is -1.64. The molecule has 0 spiro atoms. The van der Waals surface area contributed by atoms with E-state index < -0.39 is 0 Å². The second-order valence-electron chi connectivity index (χ2n) is 3.92. The molecule has 0 unspecified atom stereocenters. The summed E-state index contributed by atoms with van der Waals surface area (Å²) >= 11 is 0. The molecule has 0 aliphatic carbocycles. The van der Waals surface area contributed by atoms with Crippen molar-refractivity contribution in [3.8, 4) is 5.75 Å². The van der Waals surface area contributed by atoms with Crippen molar-refractivity contribution in [2.75, 3.05) is 0 Å². The molecule has 0 fully saturated rings. The minimum Gasteiger partial charge on any atom is -0.426 e. The predicted molar refractivity (Wildman–Crippen MR) is 61.3 cm³/mol. The van der Waals surface area contributed by atoms with Crippen molar-refractivity contribution in [2.24, 2.45) is 5.92 Å². The Morgan fingerprint density at radius 2 is 1.88 bits per heavy atom. The number of hydrogen-bond donors (Lipinski definition) is 0. The average Bonchev–Trinajstić information content (AvgIpc) is 2.20. The Morgan fingerprint density at radius 1 is 1.25 bits per heavy atom. The number of carbonyl (C=O) groups excluding carboxylic acids is 2. The van der Waals surface area contributed by atoms with Gasteiger partial charge in [-0.3, -0.25) is 9.59 Å². The largest absolute Gasteiger partial charge is 0.426 e. The van der Waals surface area contributed by atoms with Crippen LogP contribution in [0.3, 0.4) is 0 Å². The number of Topliss-reactive ketones (excluding diaryl/α,β-unsaturated/α-hetero) is 1. The predicted octanol–water partition coefficient (Wildman–Crippen LogP) is 2.38. The van der Waals surface area contributed by atoms with E-state index in [1.54, 1.807) is 19.1 Å². The maximum Gasteiger partial charge on any atom is 0.308 e. The Morgan fingerprint density at radius 3 is 2.44 bits per heavy atom. The maximum absolute atomic E-state index is 11.2. The van der Waals surface area contributed by atoms with Crippen LogP contribution in [0, 0.1) is 5.92 Å². The summed E-state index contributed by atoms with van der Waals surface area (Å²) in [6.07, 6.45) is 0.596. The molecule has 0 N–H and O–H groups in total. The maximum atomic E-state index is 11.2. The van der Waals surface area contributed by atoms with Gasteiger partial charge in [0.15, 0.2) is 0 Å². The van der Waals surface area contributed by atoms with E-state index in [-0.39, 0.29) is 17.7 Å². The summed E-state index contributed by atoms with van der Waals surface area (Å²) in [5.41, 5.74) is 0.889. The second-order valence-corrected chi connectivity index (χ2v) is 3.92. The van der Waals surface area contributed by atoms with Crippen molar-refractivity contribution in [2.45, 2.75) is 27.2 Å². The Labute approximate surface area is 95.4 Å². The highest BCUT2D eigenvalue weighted by molar-refractivity contribution is 5.78. The molecule has 1 rings (SSSR count). The van der Waals surface area contributed by atoms with Gasteiger partial charge in [-0.15, -0.1) is 0 Å². The molecule has 0 saturated carbocycles. The van der Waals surface area contributed by atoms with E-state index in [2.05, 4.69) is 0 Å². The van der Waals surface area contributed by atoms with Gasteiger partial charge >= 0.3 is 5.97 Å². The summed E-state index contributed by atoms with van der Waals surface area (Å²) in [6.45, 7) is 4.80. The van der Waals surface area contributed by atoms with Crippen LogP contribution in [-0.2, 0) is 16.0 Å². The number of ketones is 1. The molecule has 16 heavy (non-hydrogen) atoms. The SMILES string of the molecule is CC(=O)Oc1ccccc1C[C@H](C)C(C)=O. The molecule has 3 nitrogen and oxygen atoms in total. The van der Waals surface area contributed by atoms with Gasteiger partial charge in [0.2, 0.25) is 0 Å². The van der Waals surface area contributed by atoms with Crippen LogP contribution in [0.4, 0.5) is 0 Å². The van der Waals surface area contributed by atoms with Gasteiger partial charge in [-0.2, -0.15) is 0 Å². The third kappa shape index (κ3) is 3.50. The van der Waals surface area contributed by atoms with Crippen LogP contribution in [-0.4, -0.2) is 11.8 Å². The van der Waals surface area contributed by atoms with Gasteiger partial charge in [-0.1, -0.05) is 25.1 Å². The second kappa shape index (κ2) is 5.45. The standard InChI is InChI=1S/C13H16O3/c1-9(10(2)14)8-12-6-4-5-7-13(12)16-11(3)15/h4-7,9H,8H2,1-3H3/t9-/m0/s1. The average molecular weight is 220 g/mol. The Kier molecular flexibility index (Phi) is 4.23. The smallest absolute Gasteiger partial charge is 0.308 e. The number of benzene rings is 1. The molecule has 0 radical (unpaired) electrons. The van der Waals surface area contributed by atoms with Crippen LogP contribution in [0.25, 0.3) is 0 Å². The van der Waals surface area contributed by atoms with E-state index in [1.807, 2.05) is 19.1 Å². The highest BCUT2D eigenvalue weighted by Crippen LogP contribution is 2.21. The van der Waals surface area contributed by atoms with Crippen LogP contribution in [0.15, 0.2) is 24.3 Å². The molecule has 86 valence electrons. The third-order valence-corrected chi connectivity index (χ3v) is 2.45. The summed E-state index contributed by atoms with van der Waals surface area (Å²) in [5.74, 6) is 0.278. The van der Waals surface area contributed by atoms with Gasteiger partial charge in [-0.05, 0) is 25.0 Å². The van der Waals surface area contributed by atoms with Crippen molar-refractivity contribution < 1.29 is 14.3 Å². The number of hydrogen-bond acceptors (Lipinski definition) is 3. The Bertz CT molecular complexity index is 396. The summed E-state index contributed by atoms with van der Waals surface area (Å²) in [7, 11) is 0. The van der Waals surface area contributed by atoms with Crippen LogP contribution >= 0.6 is 0 Å². The molecule has 0 aromatic heterocycles. The van der Waals surface area contributed by atoms with Crippen LogP contribution < -0.4 is 4.74 Å². The molecule has 3 heteroatoms. The zero-order valence-electron chi connectivity index (χ0n) is 9.82. The number of rotatable bonds is 4. The van der Waals surface area contributed by atoms with Gasteiger partial charge in [0.1, 0.15) is 11.5 Å². The van der Waals surface area contributed by atoms with Crippen molar-refractivity contribution in [1.29, 1.82) is 0 Å². The van der Waals surface area contributed by atoms with Gasteiger partial charge in [0, 0.05) is 12.8 Å². The number of para-hydroxylation sites is 1. The van der Waals surface area contributed by atoms with Crippen molar-refractivity contribution in [1.82, 2.24) is 0 Å². The van der Waals surface area contributed by atoms with E-state index in [0.717, 1.165) is 5.56 Å². The molecule has 1 aromatic rings. The number of esters is 1. The number of carbonyl (C=O) groups is 2. The number of ether oxygens (including phenoxy) is 1. The quantitative estimate of drug-likeness (QED) is 0.578. The molecular weight excluding hydrogens is 204 g/mol. The van der Waals surface area contributed by atoms with E-state index >= 15 is 0 Å². The molecule has 0 aliphatic heterocycles. The molecule has 0 heterocycles. The van der Waals surface area contributed by atoms with E-state index in [9.17, 15) is 9.59 Å². The molecule has 1 aromatic carbocycles. The minimum absolute atomic E-state index is 0.0586. The zero-order chi connectivity index (χ0) is 12.1. The van der Waals surface area contributed by atoms with Crippen molar-refractivity contribution in [3.63, 3.8) is 0 Å². The fraction of sp³-hybridized carbons (Fsp3) is 0.385. The lowest BCUT2D eigenvalue weighted by Crippen LogP contribution is -2.11. The van der Waals surface area contributed by atoms with Crippen molar-refractivity contribution >= 4 is 11.8 Å². The first-order valence-electron chi connectivity index (χ1n) is 5.27. The molecule has 0 amide bonds. The Balaban J connectivity index is 2.86. The lowest BCUT2D eigenvalue weighted by molar-refractivity contribution is -0.131. The van der Waals surface area contributed by atoms with Gasteiger partial charge < -0.3 is 4.74 Å². The van der Waals surface area contributed by atoms with E-state index in [4.69, 9.17) is 4.74 Å². The first-order valence-corrected chi connectivity index (χ1v) is 5.27. The molecule has 0 aliphatic rings. The van der Waals surface area contributed by atoms with Gasteiger partial charge in [0.05, 0.1) is 0 Å². The summed E-state index contributed by atoms with van der Waals surface area (Å²) in [6, 6.07) is 7.29. The van der Waals surface area contributed by atoms with Crippen LogP contribution in [0.1, 0.15) is 26.3 Å². The lowest BCUT2D eigenvalue weighted by Gasteiger charge is -2.11. The third-order valence-electron chi connectivity index (χ3n) is 2.45. The normalized spacial score (nSPS) is 11.9. The highest BCUT2D eigenvalue weighted by Gasteiger charge is 2.12. The topological polar surface area (TPSA) is 43.4 Å². The fourth-order valence-electron chi connectivity index (χ4n) is 1.40. The van der Waals surface area contributed by atoms with Crippen LogP contribution in [0.2, 0.25) is 0 Å². The fourth-order valence-corrected chi connectivity index (χ4v) is 1.40. The van der Waals surface area contributed by atoms with Crippen LogP contribution in [0.5, 0.6) is 5.75 Å². The summed E-state index contributed by atoms with van der Waals surface area (Å²) < 4.78 is 5.08. The summed E-state index contributed by atoms with van der Waals surface area (Å²) in [4.78, 5) is 22.1. The first kappa shape index (κ1) is 12.4.